The zero-order valence-electron chi connectivity index (χ0n) is 13.9. The van der Waals surface area contributed by atoms with Crippen LogP contribution in [0.15, 0.2) is 0 Å². The summed E-state index contributed by atoms with van der Waals surface area (Å²) < 4.78 is 24.1. The van der Waals surface area contributed by atoms with Crippen LogP contribution in [-0.4, -0.2) is 33.0 Å². The Morgan fingerprint density at radius 2 is 1.75 bits per heavy atom. The standard InChI is InChI=1S/C16H33NO2S/c1-12(2)14-6-7-16(11-17-5)15(10-14)8-9-20(18,19)13(3)4/h12-17H,6-11H2,1-5H3. The van der Waals surface area contributed by atoms with Gasteiger partial charge in [-0.3, -0.25) is 0 Å². The summed E-state index contributed by atoms with van der Waals surface area (Å²) in [6.07, 6.45) is 4.60. The van der Waals surface area contributed by atoms with Crippen molar-refractivity contribution in [2.45, 2.75) is 58.6 Å². The average molecular weight is 304 g/mol. The first-order chi connectivity index (χ1) is 9.27. The molecule has 0 aliphatic heterocycles. The molecule has 0 bridgehead atoms. The molecule has 0 heterocycles. The molecule has 20 heavy (non-hydrogen) atoms. The second kappa shape index (κ2) is 7.79. The highest BCUT2D eigenvalue weighted by atomic mass is 32.2. The van der Waals surface area contributed by atoms with Gasteiger partial charge in [-0.25, -0.2) is 8.42 Å². The summed E-state index contributed by atoms with van der Waals surface area (Å²) >= 11 is 0. The first-order valence-electron chi connectivity index (χ1n) is 8.14. The Morgan fingerprint density at radius 3 is 2.25 bits per heavy atom. The van der Waals surface area contributed by atoms with E-state index in [4.69, 9.17) is 0 Å². The molecule has 1 N–H and O–H groups in total. The number of sulfone groups is 1. The van der Waals surface area contributed by atoms with E-state index >= 15 is 0 Å². The Morgan fingerprint density at radius 1 is 1.10 bits per heavy atom. The largest absolute Gasteiger partial charge is 0.319 e. The highest BCUT2D eigenvalue weighted by Crippen LogP contribution is 2.39. The zero-order chi connectivity index (χ0) is 15.3. The van der Waals surface area contributed by atoms with E-state index in [1.165, 1.54) is 19.3 Å². The summed E-state index contributed by atoms with van der Waals surface area (Å²) in [7, 11) is -0.898. The number of hydrogen-bond acceptors (Lipinski definition) is 3. The van der Waals surface area contributed by atoms with Crippen LogP contribution >= 0.6 is 0 Å². The summed E-state index contributed by atoms with van der Waals surface area (Å²) in [6, 6.07) is 0. The van der Waals surface area contributed by atoms with Crippen LogP contribution in [0.3, 0.4) is 0 Å². The minimum absolute atomic E-state index is 0.241. The lowest BCUT2D eigenvalue weighted by atomic mass is 9.69. The molecule has 1 fully saturated rings. The van der Waals surface area contributed by atoms with E-state index < -0.39 is 9.84 Å². The van der Waals surface area contributed by atoms with Crippen molar-refractivity contribution in [3.05, 3.63) is 0 Å². The van der Waals surface area contributed by atoms with Crippen LogP contribution in [-0.2, 0) is 9.84 Å². The maximum Gasteiger partial charge on any atom is 0.152 e. The molecular weight excluding hydrogens is 270 g/mol. The molecule has 0 aromatic carbocycles. The van der Waals surface area contributed by atoms with Gasteiger partial charge in [-0.2, -0.15) is 0 Å². The highest BCUT2D eigenvalue weighted by molar-refractivity contribution is 7.91. The molecule has 0 aromatic rings. The average Bonchev–Trinajstić information content (AvgIpc) is 2.37. The summed E-state index contributed by atoms with van der Waals surface area (Å²) in [5.41, 5.74) is 0. The van der Waals surface area contributed by atoms with Crippen molar-refractivity contribution in [2.24, 2.45) is 23.7 Å². The van der Waals surface area contributed by atoms with E-state index in [2.05, 4.69) is 19.2 Å². The molecule has 0 spiro atoms. The minimum Gasteiger partial charge on any atom is -0.319 e. The van der Waals surface area contributed by atoms with Crippen molar-refractivity contribution in [1.82, 2.24) is 5.32 Å². The van der Waals surface area contributed by atoms with Crippen molar-refractivity contribution in [1.29, 1.82) is 0 Å². The fourth-order valence-corrected chi connectivity index (χ4v) is 4.51. The van der Waals surface area contributed by atoms with Gasteiger partial charge in [0, 0.05) is 0 Å². The van der Waals surface area contributed by atoms with Crippen molar-refractivity contribution >= 4 is 9.84 Å². The van der Waals surface area contributed by atoms with Crippen molar-refractivity contribution in [3.8, 4) is 0 Å². The van der Waals surface area contributed by atoms with E-state index in [0.717, 1.165) is 24.8 Å². The van der Waals surface area contributed by atoms with E-state index in [0.29, 0.717) is 17.6 Å². The number of hydrogen-bond donors (Lipinski definition) is 1. The predicted molar refractivity (Wildman–Crippen MR) is 86.6 cm³/mol. The smallest absolute Gasteiger partial charge is 0.152 e. The van der Waals surface area contributed by atoms with Crippen LogP contribution in [0.1, 0.15) is 53.4 Å². The Kier molecular flexibility index (Phi) is 6.99. The molecule has 0 aromatic heterocycles. The topological polar surface area (TPSA) is 46.2 Å². The van der Waals surface area contributed by atoms with Gasteiger partial charge in [0.15, 0.2) is 9.84 Å². The molecule has 4 heteroatoms. The van der Waals surface area contributed by atoms with Gasteiger partial charge in [0.1, 0.15) is 0 Å². The van der Waals surface area contributed by atoms with Gasteiger partial charge in [-0.1, -0.05) is 13.8 Å². The van der Waals surface area contributed by atoms with Gasteiger partial charge >= 0.3 is 0 Å². The molecule has 3 nitrogen and oxygen atoms in total. The zero-order valence-corrected chi connectivity index (χ0v) is 14.7. The predicted octanol–water partition coefficient (Wildman–Crippen LogP) is 3.11. The Labute approximate surface area is 125 Å². The lowest BCUT2D eigenvalue weighted by Gasteiger charge is -2.38. The quantitative estimate of drug-likeness (QED) is 0.786. The third-order valence-electron chi connectivity index (χ3n) is 5.08. The van der Waals surface area contributed by atoms with Gasteiger partial charge < -0.3 is 5.32 Å². The SMILES string of the molecule is CNCC1CCC(C(C)C)CC1CCS(=O)(=O)C(C)C. The fraction of sp³-hybridized carbons (Fsp3) is 1.00. The van der Waals surface area contributed by atoms with Gasteiger partial charge in [-0.05, 0) is 76.8 Å². The van der Waals surface area contributed by atoms with Gasteiger partial charge in [0.25, 0.3) is 0 Å². The highest BCUT2D eigenvalue weighted by Gasteiger charge is 2.32. The van der Waals surface area contributed by atoms with Crippen LogP contribution in [0.4, 0.5) is 0 Å². The molecule has 0 amide bonds. The van der Waals surface area contributed by atoms with E-state index in [9.17, 15) is 8.42 Å². The second-order valence-electron chi connectivity index (χ2n) is 7.10. The van der Waals surface area contributed by atoms with E-state index in [1.54, 1.807) is 13.8 Å². The normalized spacial score (nSPS) is 28.2. The molecule has 1 saturated carbocycles. The molecule has 1 aliphatic rings. The lowest BCUT2D eigenvalue weighted by Crippen LogP contribution is -2.34. The molecule has 0 saturated heterocycles. The first kappa shape index (κ1) is 18.0. The summed E-state index contributed by atoms with van der Waals surface area (Å²) in [6.45, 7) is 9.20. The third kappa shape index (κ3) is 5.03. The third-order valence-corrected chi connectivity index (χ3v) is 7.32. The van der Waals surface area contributed by atoms with Crippen molar-refractivity contribution < 1.29 is 8.42 Å². The van der Waals surface area contributed by atoms with Gasteiger partial charge in [0.05, 0.1) is 11.0 Å². The molecule has 3 atom stereocenters. The lowest BCUT2D eigenvalue weighted by molar-refractivity contribution is 0.143. The maximum absolute atomic E-state index is 12.0. The van der Waals surface area contributed by atoms with Crippen LogP contribution in [0.25, 0.3) is 0 Å². The molecule has 1 rings (SSSR count). The summed E-state index contributed by atoms with van der Waals surface area (Å²) in [5, 5.41) is 3.04. The van der Waals surface area contributed by atoms with Crippen LogP contribution < -0.4 is 5.32 Å². The van der Waals surface area contributed by atoms with Crippen LogP contribution in [0.2, 0.25) is 0 Å². The van der Waals surface area contributed by atoms with Gasteiger partial charge in [0.2, 0.25) is 0 Å². The monoisotopic (exact) mass is 303 g/mol. The Balaban J connectivity index is 2.65. The molecule has 0 radical (unpaired) electrons. The maximum atomic E-state index is 12.0. The molecule has 120 valence electrons. The Hall–Kier alpha value is -0.0900. The van der Waals surface area contributed by atoms with Crippen LogP contribution in [0, 0.1) is 23.7 Å². The molecule has 1 aliphatic carbocycles. The number of nitrogens with one attached hydrogen (secondary N) is 1. The van der Waals surface area contributed by atoms with Crippen molar-refractivity contribution in [2.75, 3.05) is 19.3 Å². The van der Waals surface area contributed by atoms with E-state index in [-0.39, 0.29) is 5.25 Å². The van der Waals surface area contributed by atoms with E-state index in [1.807, 2.05) is 7.05 Å². The second-order valence-corrected chi connectivity index (χ2v) is 9.78. The molecule has 3 unspecified atom stereocenters. The number of rotatable bonds is 7. The van der Waals surface area contributed by atoms with Crippen molar-refractivity contribution in [3.63, 3.8) is 0 Å². The first-order valence-corrected chi connectivity index (χ1v) is 9.85. The molecular formula is C16H33NO2S. The minimum atomic E-state index is -2.89. The fourth-order valence-electron chi connectivity index (χ4n) is 3.40. The van der Waals surface area contributed by atoms with Crippen LogP contribution in [0.5, 0.6) is 0 Å². The van der Waals surface area contributed by atoms with Gasteiger partial charge in [-0.15, -0.1) is 0 Å². The summed E-state index contributed by atoms with van der Waals surface area (Å²) in [5.74, 6) is 3.07. The Bertz CT molecular complexity index is 376. The summed E-state index contributed by atoms with van der Waals surface area (Å²) in [4.78, 5) is 0.